The minimum Gasteiger partial charge on any atom is -0.448 e. The topological polar surface area (TPSA) is 98.5 Å². The number of amides is 1. The standard InChI is InChI=1S/C14H14N2O5S/c1-3-15-13(17)8(2)21-14(18)12-7-9-6-10(16(19)20)4-5-11(9)22-12/h4-8H,3H2,1-2H3,(H,15,17)/t8-/m1/s1. The van der Waals surface area contributed by atoms with Crippen LogP contribution >= 0.6 is 11.3 Å². The Bertz CT molecular complexity index is 740. The first-order valence-corrected chi connectivity index (χ1v) is 7.40. The van der Waals surface area contributed by atoms with E-state index in [0.717, 1.165) is 16.0 Å². The summed E-state index contributed by atoms with van der Waals surface area (Å²) in [6, 6.07) is 5.89. The maximum absolute atomic E-state index is 12.0. The first-order valence-electron chi connectivity index (χ1n) is 6.59. The number of nitrogens with one attached hydrogen (secondary N) is 1. The number of rotatable bonds is 5. The molecule has 0 radical (unpaired) electrons. The van der Waals surface area contributed by atoms with Crippen molar-refractivity contribution in [1.82, 2.24) is 5.32 Å². The second kappa shape index (κ2) is 6.52. The molecule has 0 aliphatic rings. The van der Waals surface area contributed by atoms with Gasteiger partial charge in [-0.15, -0.1) is 11.3 Å². The largest absolute Gasteiger partial charge is 0.448 e. The average Bonchev–Trinajstić information content (AvgIpc) is 2.90. The molecule has 0 spiro atoms. The minimum atomic E-state index is -0.896. The lowest BCUT2D eigenvalue weighted by atomic mass is 10.2. The zero-order valence-corrected chi connectivity index (χ0v) is 12.8. The van der Waals surface area contributed by atoms with Crippen LogP contribution in [0.15, 0.2) is 24.3 Å². The Kier molecular flexibility index (Phi) is 4.71. The summed E-state index contributed by atoms with van der Waals surface area (Å²) in [7, 11) is 0. The maximum atomic E-state index is 12.0. The van der Waals surface area contributed by atoms with Crippen LogP contribution in [0.25, 0.3) is 10.1 Å². The smallest absolute Gasteiger partial charge is 0.349 e. The van der Waals surface area contributed by atoms with Gasteiger partial charge in [-0.3, -0.25) is 14.9 Å². The number of carbonyl (C=O) groups excluding carboxylic acids is 2. The van der Waals surface area contributed by atoms with Crippen LogP contribution in [0.1, 0.15) is 23.5 Å². The first-order chi connectivity index (χ1) is 10.4. The van der Waals surface area contributed by atoms with E-state index in [1.54, 1.807) is 13.0 Å². The van der Waals surface area contributed by atoms with Crippen LogP contribution in [0.5, 0.6) is 0 Å². The second-order valence-corrected chi connectivity index (χ2v) is 5.62. The van der Waals surface area contributed by atoms with Crippen LogP contribution in [0.4, 0.5) is 5.69 Å². The number of ether oxygens (including phenoxy) is 1. The summed E-state index contributed by atoms with van der Waals surface area (Å²) < 4.78 is 5.82. The van der Waals surface area contributed by atoms with Crippen molar-refractivity contribution in [3.05, 3.63) is 39.3 Å². The summed E-state index contributed by atoms with van der Waals surface area (Å²) in [4.78, 5) is 34.1. The molecular formula is C14H14N2O5S. The number of likely N-dealkylation sites (N-methyl/N-ethyl adjacent to an activating group) is 1. The monoisotopic (exact) mass is 322 g/mol. The molecule has 2 rings (SSSR count). The van der Waals surface area contributed by atoms with Crippen molar-refractivity contribution in [2.24, 2.45) is 0 Å². The molecule has 1 aromatic carbocycles. The molecule has 0 unspecified atom stereocenters. The summed E-state index contributed by atoms with van der Waals surface area (Å²) in [5.41, 5.74) is -0.0408. The van der Waals surface area contributed by atoms with Gasteiger partial charge >= 0.3 is 5.97 Å². The Balaban J connectivity index is 2.18. The fourth-order valence-corrected chi connectivity index (χ4v) is 2.76. The van der Waals surface area contributed by atoms with Crippen molar-refractivity contribution in [1.29, 1.82) is 0 Å². The number of non-ortho nitro benzene ring substituents is 1. The van der Waals surface area contributed by atoms with Gasteiger partial charge in [-0.1, -0.05) is 0 Å². The molecular weight excluding hydrogens is 308 g/mol. The molecule has 8 heteroatoms. The number of thiophene rings is 1. The second-order valence-electron chi connectivity index (χ2n) is 4.53. The number of fused-ring (bicyclic) bond motifs is 1. The van der Waals surface area contributed by atoms with Crippen LogP contribution in [-0.4, -0.2) is 29.4 Å². The quantitative estimate of drug-likeness (QED) is 0.518. The van der Waals surface area contributed by atoms with Crippen LogP contribution < -0.4 is 5.32 Å². The molecule has 1 aromatic heterocycles. The predicted molar refractivity (Wildman–Crippen MR) is 82.0 cm³/mol. The van der Waals surface area contributed by atoms with Crippen molar-refractivity contribution in [3.63, 3.8) is 0 Å². The molecule has 1 atom stereocenters. The third kappa shape index (κ3) is 3.40. The predicted octanol–water partition coefficient (Wildman–Crippen LogP) is 2.49. The third-order valence-electron chi connectivity index (χ3n) is 2.92. The Morgan fingerprint density at radius 3 is 2.77 bits per heavy atom. The van der Waals surface area contributed by atoms with Gasteiger partial charge < -0.3 is 10.1 Å². The lowest BCUT2D eigenvalue weighted by Gasteiger charge is -2.11. The van der Waals surface area contributed by atoms with Crippen molar-refractivity contribution >= 4 is 39.0 Å². The van der Waals surface area contributed by atoms with Crippen LogP contribution in [0.2, 0.25) is 0 Å². The van der Waals surface area contributed by atoms with Crippen molar-refractivity contribution < 1.29 is 19.2 Å². The number of nitro benzene ring substituents is 1. The molecule has 0 aliphatic carbocycles. The molecule has 0 fully saturated rings. The Hall–Kier alpha value is -2.48. The highest BCUT2D eigenvalue weighted by Gasteiger charge is 2.20. The molecule has 1 heterocycles. The van der Waals surface area contributed by atoms with Crippen LogP contribution in [0, 0.1) is 10.1 Å². The highest BCUT2D eigenvalue weighted by molar-refractivity contribution is 7.20. The van der Waals surface area contributed by atoms with E-state index in [4.69, 9.17) is 4.74 Å². The summed E-state index contributed by atoms with van der Waals surface area (Å²) in [6.07, 6.45) is -0.896. The summed E-state index contributed by atoms with van der Waals surface area (Å²) >= 11 is 1.16. The van der Waals surface area contributed by atoms with E-state index in [2.05, 4.69) is 5.32 Å². The number of benzene rings is 1. The first kappa shape index (κ1) is 15.9. The Labute approximate surface area is 130 Å². The van der Waals surface area contributed by atoms with Crippen molar-refractivity contribution in [2.45, 2.75) is 20.0 Å². The number of esters is 1. The minimum absolute atomic E-state index is 0.0408. The highest BCUT2D eigenvalue weighted by atomic mass is 32.1. The highest BCUT2D eigenvalue weighted by Crippen LogP contribution is 2.29. The Morgan fingerprint density at radius 2 is 2.14 bits per heavy atom. The van der Waals surface area contributed by atoms with Gasteiger partial charge in [-0.05, 0) is 26.0 Å². The number of nitro groups is 1. The van der Waals surface area contributed by atoms with Crippen molar-refractivity contribution in [2.75, 3.05) is 6.54 Å². The fourth-order valence-electron chi connectivity index (χ4n) is 1.84. The lowest BCUT2D eigenvalue weighted by Crippen LogP contribution is -2.35. The zero-order valence-electron chi connectivity index (χ0n) is 12.0. The van der Waals surface area contributed by atoms with E-state index >= 15 is 0 Å². The summed E-state index contributed by atoms with van der Waals surface area (Å²) in [5, 5.41) is 13.9. The van der Waals surface area contributed by atoms with Gasteiger partial charge in [0, 0.05) is 28.8 Å². The Morgan fingerprint density at radius 1 is 1.41 bits per heavy atom. The molecule has 22 heavy (non-hydrogen) atoms. The maximum Gasteiger partial charge on any atom is 0.349 e. The molecule has 1 amide bonds. The van der Waals surface area contributed by atoms with Crippen molar-refractivity contribution in [3.8, 4) is 0 Å². The molecule has 7 nitrogen and oxygen atoms in total. The molecule has 116 valence electrons. The molecule has 0 aliphatic heterocycles. The summed E-state index contributed by atoms with van der Waals surface area (Å²) in [5.74, 6) is -0.991. The molecule has 0 saturated carbocycles. The van der Waals surface area contributed by atoms with Gasteiger partial charge in [-0.2, -0.15) is 0 Å². The number of hydrogen-bond donors (Lipinski definition) is 1. The SMILES string of the molecule is CCNC(=O)[C@@H](C)OC(=O)c1cc2cc([N+](=O)[O-])ccc2s1. The summed E-state index contributed by atoms with van der Waals surface area (Å²) in [6.45, 7) is 3.71. The van der Waals surface area contributed by atoms with Gasteiger partial charge in [0.05, 0.1) is 4.92 Å². The van der Waals surface area contributed by atoms with Crippen LogP contribution in [-0.2, 0) is 9.53 Å². The fraction of sp³-hybridized carbons (Fsp3) is 0.286. The molecule has 0 saturated heterocycles. The average molecular weight is 322 g/mol. The van der Waals surface area contributed by atoms with E-state index in [9.17, 15) is 19.7 Å². The van der Waals surface area contributed by atoms with E-state index in [0.29, 0.717) is 16.8 Å². The van der Waals surface area contributed by atoms with Crippen LogP contribution in [0.3, 0.4) is 0 Å². The van der Waals surface area contributed by atoms with E-state index in [1.807, 2.05) is 0 Å². The third-order valence-corrected chi connectivity index (χ3v) is 4.01. The number of carbonyl (C=O) groups is 2. The van der Waals surface area contributed by atoms with Gasteiger partial charge in [0.15, 0.2) is 6.10 Å². The van der Waals surface area contributed by atoms with E-state index < -0.39 is 17.0 Å². The van der Waals surface area contributed by atoms with E-state index in [1.165, 1.54) is 25.1 Å². The van der Waals surface area contributed by atoms with Gasteiger partial charge in [0.2, 0.25) is 0 Å². The number of nitrogens with zero attached hydrogens (tertiary/aromatic N) is 1. The van der Waals surface area contributed by atoms with E-state index in [-0.39, 0.29) is 11.6 Å². The normalized spacial score (nSPS) is 11.9. The molecule has 2 aromatic rings. The molecule has 1 N–H and O–H groups in total. The zero-order chi connectivity index (χ0) is 16.3. The van der Waals surface area contributed by atoms with Gasteiger partial charge in [0.25, 0.3) is 11.6 Å². The van der Waals surface area contributed by atoms with Gasteiger partial charge in [0.1, 0.15) is 4.88 Å². The lowest BCUT2D eigenvalue weighted by molar-refractivity contribution is -0.384. The molecule has 0 bridgehead atoms. The number of hydrogen-bond acceptors (Lipinski definition) is 6. The van der Waals surface area contributed by atoms with Gasteiger partial charge in [-0.25, -0.2) is 4.79 Å².